The van der Waals surface area contributed by atoms with E-state index in [2.05, 4.69) is 29.2 Å². The molecular formula is C16H22N4O. The standard InChI is InChI=1S/C16H22N4O/c1-12-11-19(2)8-6-14(12)17-10-13-9-16(21)20-7-4-3-5-15(20)18-13/h3-5,7,9,12,14,17H,6,8,10-11H2,1-2H3. The normalized spacial score (nSPS) is 23.5. The second-order valence-electron chi connectivity index (χ2n) is 6.03. The molecule has 0 spiro atoms. The van der Waals surface area contributed by atoms with Crippen LogP contribution in [0.15, 0.2) is 35.3 Å². The minimum Gasteiger partial charge on any atom is -0.308 e. The maximum Gasteiger partial charge on any atom is 0.258 e. The summed E-state index contributed by atoms with van der Waals surface area (Å²) in [5, 5.41) is 3.56. The Kier molecular flexibility index (Phi) is 4.03. The van der Waals surface area contributed by atoms with Crippen LogP contribution in [0, 0.1) is 5.92 Å². The van der Waals surface area contributed by atoms with Gasteiger partial charge in [0.25, 0.3) is 5.56 Å². The van der Waals surface area contributed by atoms with Gasteiger partial charge in [-0.2, -0.15) is 0 Å². The van der Waals surface area contributed by atoms with Gasteiger partial charge in [0.15, 0.2) is 0 Å². The topological polar surface area (TPSA) is 49.6 Å². The number of likely N-dealkylation sites (tertiary alicyclic amines) is 1. The average Bonchev–Trinajstić information content (AvgIpc) is 2.46. The Morgan fingerprint density at radius 1 is 1.43 bits per heavy atom. The third-order valence-corrected chi connectivity index (χ3v) is 4.28. The Bertz CT molecular complexity index is 681. The van der Waals surface area contributed by atoms with E-state index in [1.54, 1.807) is 16.7 Å². The molecule has 2 aromatic rings. The molecule has 1 aliphatic heterocycles. The Labute approximate surface area is 124 Å². The van der Waals surface area contributed by atoms with E-state index in [0.29, 0.717) is 24.2 Å². The molecule has 1 fully saturated rings. The monoisotopic (exact) mass is 286 g/mol. The molecule has 0 bridgehead atoms. The van der Waals surface area contributed by atoms with Crippen molar-refractivity contribution < 1.29 is 0 Å². The Hall–Kier alpha value is -1.72. The van der Waals surface area contributed by atoms with Gasteiger partial charge in [0.05, 0.1) is 5.69 Å². The first-order chi connectivity index (χ1) is 10.1. The largest absolute Gasteiger partial charge is 0.308 e. The van der Waals surface area contributed by atoms with Gasteiger partial charge < -0.3 is 10.2 Å². The van der Waals surface area contributed by atoms with Crippen molar-refractivity contribution in [1.82, 2.24) is 19.6 Å². The highest BCUT2D eigenvalue weighted by atomic mass is 16.1. The lowest BCUT2D eigenvalue weighted by molar-refractivity contribution is 0.174. The van der Waals surface area contributed by atoms with Gasteiger partial charge in [0.2, 0.25) is 0 Å². The summed E-state index contributed by atoms with van der Waals surface area (Å²) in [6, 6.07) is 7.73. The van der Waals surface area contributed by atoms with Crippen LogP contribution in [-0.2, 0) is 6.54 Å². The number of rotatable bonds is 3. The predicted molar refractivity (Wildman–Crippen MR) is 83.4 cm³/mol. The van der Waals surface area contributed by atoms with E-state index < -0.39 is 0 Å². The first-order valence-corrected chi connectivity index (χ1v) is 7.53. The van der Waals surface area contributed by atoms with Crippen molar-refractivity contribution in [3.05, 3.63) is 46.5 Å². The molecule has 0 aromatic carbocycles. The van der Waals surface area contributed by atoms with Crippen molar-refractivity contribution in [2.45, 2.75) is 25.9 Å². The number of pyridine rings is 1. The fourth-order valence-electron chi connectivity index (χ4n) is 3.09. The highest BCUT2D eigenvalue weighted by molar-refractivity contribution is 5.37. The van der Waals surface area contributed by atoms with E-state index in [9.17, 15) is 4.79 Å². The summed E-state index contributed by atoms with van der Waals surface area (Å²) in [5.41, 5.74) is 1.50. The number of fused-ring (bicyclic) bond motifs is 1. The number of piperidine rings is 1. The van der Waals surface area contributed by atoms with Crippen molar-refractivity contribution >= 4 is 5.65 Å². The summed E-state index contributed by atoms with van der Waals surface area (Å²) in [4.78, 5) is 19.0. The van der Waals surface area contributed by atoms with E-state index in [4.69, 9.17) is 0 Å². The van der Waals surface area contributed by atoms with E-state index >= 15 is 0 Å². The van der Waals surface area contributed by atoms with Crippen LogP contribution in [-0.4, -0.2) is 40.5 Å². The van der Waals surface area contributed by atoms with Gasteiger partial charge in [-0.05, 0) is 38.1 Å². The van der Waals surface area contributed by atoms with Gasteiger partial charge in [-0.3, -0.25) is 9.20 Å². The molecule has 2 aromatic heterocycles. The van der Waals surface area contributed by atoms with Gasteiger partial charge in [-0.1, -0.05) is 13.0 Å². The van der Waals surface area contributed by atoms with E-state index in [-0.39, 0.29) is 5.56 Å². The molecular weight excluding hydrogens is 264 g/mol. The Balaban J connectivity index is 1.72. The van der Waals surface area contributed by atoms with E-state index in [0.717, 1.165) is 25.2 Å². The van der Waals surface area contributed by atoms with Crippen LogP contribution in [0.4, 0.5) is 0 Å². The Morgan fingerprint density at radius 3 is 3.10 bits per heavy atom. The Morgan fingerprint density at radius 2 is 2.29 bits per heavy atom. The summed E-state index contributed by atoms with van der Waals surface area (Å²) in [5.74, 6) is 0.616. The first-order valence-electron chi connectivity index (χ1n) is 7.53. The molecule has 0 radical (unpaired) electrons. The minimum atomic E-state index is -0.0196. The lowest BCUT2D eigenvalue weighted by Gasteiger charge is -2.35. The van der Waals surface area contributed by atoms with Gasteiger partial charge in [0.1, 0.15) is 5.65 Å². The van der Waals surface area contributed by atoms with Crippen LogP contribution < -0.4 is 10.9 Å². The summed E-state index contributed by atoms with van der Waals surface area (Å²) in [6.45, 7) is 5.16. The second kappa shape index (κ2) is 5.95. The molecule has 1 N–H and O–H groups in total. The summed E-state index contributed by atoms with van der Waals surface area (Å²) >= 11 is 0. The number of nitrogens with zero attached hydrogens (tertiary/aromatic N) is 3. The lowest BCUT2D eigenvalue weighted by Crippen LogP contribution is -2.46. The lowest BCUT2D eigenvalue weighted by atomic mass is 9.94. The van der Waals surface area contributed by atoms with Gasteiger partial charge in [-0.25, -0.2) is 4.98 Å². The molecule has 1 aliphatic rings. The van der Waals surface area contributed by atoms with Crippen LogP contribution in [0.5, 0.6) is 0 Å². The molecule has 5 nitrogen and oxygen atoms in total. The molecule has 0 amide bonds. The smallest absolute Gasteiger partial charge is 0.258 e. The number of aromatic nitrogens is 2. The molecule has 112 valence electrons. The zero-order chi connectivity index (χ0) is 14.8. The van der Waals surface area contributed by atoms with Crippen LogP contribution in [0.3, 0.4) is 0 Å². The molecule has 3 rings (SSSR count). The molecule has 2 atom stereocenters. The SMILES string of the molecule is CC1CN(C)CCC1NCc1cc(=O)n2ccccc2n1. The predicted octanol–water partition coefficient (Wildman–Crippen LogP) is 1.12. The summed E-state index contributed by atoms with van der Waals surface area (Å²) in [6.07, 6.45) is 2.89. The summed E-state index contributed by atoms with van der Waals surface area (Å²) in [7, 11) is 2.17. The molecule has 21 heavy (non-hydrogen) atoms. The number of hydrogen-bond acceptors (Lipinski definition) is 4. The maximum absolute atomic E-state index is 12.0. The van der Waals surface area contributed by atoms with Gasteiger partial charge in [0, 0.05) is 31.4 Å². The van der Waals surface area contributed by atoms with Crippen molar-refractivity contribution in [1.29, 1.82) is 0 Å². The zero-order valence-electron chi connectivity index (χ0n) is 12.6. The number of hydrogen-bond donors (Lipinski definition) is 1. The molecule has 5 heteroatoms. The molecule has 1 saturated heterocycles. The van der Waals surface area contributed by atoms with Gasteiger partial charge >= 0.3 is 0 Å². The van der Waals surface area contributed by atoms with Crippen molar-refractivity contribution in [2.24, 2.45) is 5.92 Å². The fourth-order valence-corrected chi connectivity index (χ4v) is 3.09. The molecule has 3 heterocycles. The van der Waals surface area contributed by atoms with Crippen LogP contribution in [0.1, 0.15) is 19.0 Å². The first kappa shape index (κ1) is 14.2. The maximum atomic E-state index is 12.0. The third-order valence-electron chi connectivity index (χ3n) is 4.28. The van der Waals surface area contributed by atoms with E-state index in [1.165, 1.54) is 0 Å². The van der Waals surface area contributed by atoms with Crippen LogP contribution in [0.25, 0.3) is 5.65 Å². The quantitative estimate of drug-likeness (QED) is 0.919. The van der Waals surface area contributed by atoms with Gasteiger partial charge in [-0.15, -0.1) is 0 Å². The molecule has 0 saturated carbocycles. The second-order valence-corrected chi connectivity index (χ2v) is 6.03. The molecule has 0 aliphatic carbocycles. The van der Waals surface area contributed by atoms with Crippen LogP contribution in [0.2, 0.25) is 0 Å². The zero-order valence-corrected chi connectivity index (χ0v) is 12.6. The molecule has 2 unspecified atom stereocenters. The van der Waals surface area contributed by atoms with E-state index in [1.807, 2.05) is 18.2 Å². The van der Waals surface area contributed by atoms with Crippen molar-refractivity contribution in [2.75, 3.05) is 20.1 Å². The fraction of sp³-hybridized carbons (Fsp3) is 0.500. The van der Waals surface area contributed by atoms with Crippen molar-refractivity contribution in [3.8, 4) is 0 Å². The minimum absolute atomic E-state index is 0.0196. The van der Waals surface area contributed by atoms with Crippen LogP contribution >= 0.6 is 0 Å². The average molecular weight is 286 g/mol. The number of nitrogens with one attached hydrogen (secondary N) is 1. The van der Waals surface area contributed by atoms with Crippen molar-refractivity contribution in [3.63, 3.8) is 0 Å². The third kappa shape index (κ3) is 3.14. The highest BCUT2D eigenvalue weighted by Crippen LogP contribution is 2.15. The summed E-state index contributed by atoms with van der Waals surface area (Å²) < 4.78 is 1.57. The highest BCUT2D eigenvalue weighted by Gasteiger charge is 2.23.